The molecular weight excluding hydrogens is 150 g/mol. The van der Waals surface area contributed by atoms with Gasteiger partial charge < -0.3 is 9.64 Å². The molecule has 2 heteroatoms. The molecule has 0 N–H and O–H groups in total. The fourth-order valence-electron chi connectivity index (χ4n) is 1.53. The lowest BCUT2D eigenvalue weighted by Crippen LogP contribution is -2.28. The van der Waals surface area contributed by atoms with Crippen molar-refractivity contribution in [3.05, 3.63) is 0 Å². The molecule has 1 aliphatic heterocycles. The summed E-state index contributed by atoms with van der Waals surface area (Å²) in [5.41, 5.74) is 0. The molecule has 0 spiro atoms. The van der Waals surface area contributed by atoms with E-state index in [-0.39, 0.29) is 0 Å². The molecule has 0 bridgehead atoms. The fraction of sp³-hybridized carbons (Fsp3) is 0.800. The van der Waals surface area contributed by atoms with Gasteiger partial charge in [-0.1, -0.05) is 12.8 Å². The number of hydrogen-bond donors (Lipinski definition) is 0. The molecule has 1 unspecified atom stereocenters. The van der Waals surface area contributed by atoms with E-state index in [1.165, 1.54) is 12.8 Å². The summed E-state index contributed by atoms with van der Waals surface area (Å²) in [7, 11) is 1.75. The van der Waals surface area contributed by atoms with Gasteiger partial charge in [0.05, 0.1) is 12.6 Å². The zero-order chi connectivity index (χ0) is 8.81. The van der Waals surface area contributed by atoms with Crippen molar-refractivity contribution in [3.8, 4) is 12.0 Å². The van der Waals surface area contributed by atoms with Gasteiger partial charge in [0.15, 0.2) is 0 Å². The van der Waals surface area contributed by atoms with Crippen LogP contribution in [0.1, 0.15) is 26.2 Å². The largest absolute Gasteiger partial charge is 0.383 e. The minimum atomic E-state index is 0.536. The first kappa shape index (κ1) is 9.41. The molecule has 0 saturated carbocycles. The average molecular weight is 167 g/mol. The van der Waals surface area contributed by atoms with E-state index in [1.807, 2.05) is 0 Å². The second-order valence-corrected chi connectivity index (χ2v) is 3.09. The van der Waals surface area contributed by atoms with Crippen LogP contribution in [-0.4, -0.2) is 31.2 Å². The van der Waals surface area contributed by atoms with Gasteiger partial charge in [-0.15, -0.1) is 0 Å². The van der Waals surface area contributed by atoms with Crippen LogP contribution in [0, 0.1) is 12.0 Å². The lowest BCUT2D eigenvalue weighted by molar-refractivity contribution is 0.142. The molecule has 0 aliphatic carbocycles. The quantitative estimate of drug-likeness (QED) is 0.577. The van der Waals surface area contributed by atoms with E-state index in [0.717, 1.165) is 19.6 Å². The summed E-state index contributed by atoms with van der Waals surface area (Å²) in [5, 5.41) is 0. The highest BCUT2D eigenvalue weighted by Gasteiger charge is 2.21. The van der Waals surface area contributed by atoms with E-state index in [4.69, 9.17) is 4.74 Å². The number of likely N-dealkylation sites (tertiary alicyclic amines) is 1. The first-order chi connectivity index (χ1) is 5.88. The highest BCUT2D eigenvalue weighted by Crippen LogP contribution is 2.15. The zero-order valence-electron chi connectivity index (χ0n) is 7.97. The zero-order valence-corrected chi connectivity index (χ0v) is 7.97. The van der Waals surface area contributed by atoms with Crippen LogP contribution in [0.15, 0.2) is 0 Å². The van der Waals surface area contributed by atoms with Crippen molar-refractivity contribution < 1.29 is 4.74 Å². The Labute approximate surface area is 74.9 Å². The molecule has 1 heterocycles. The van der Waals surface area contributed by atoms with Crippen molar-refractivity contribution in [2.45, 2.75) is 32.2 Å². The third kappa shape index (κ3) is 2.42. The number of rotatable bonds is 2. The van der Waals surface area contributed by atoms with Crippen LogP contribution in [0.3, 0.4) is 0 Å². The Bertz CT molecular complexity index is 180. The SMILES string of the molecule is CCC#CN1CCCC1COC. The van der Waals surface area contributed by atoms with E-state index in [0.29, 0.717) is 6.04 Å². The van der Waals surface area contributed by atoms with Crippen molar-refractivity contribution in [1.82, 2.24) is 4.90 Å². The highest BCUT2D eigenvalue weighted by molar-refractivity contribution is 5.01. The van der Waals surface area contributed by atoms with Crippen LogP contribution >= 0.6 is 0 Å². The van der Waals surface area contributed by atoms with Crippen molar-refractivity contribution in [2.75, 3.05) is 20.3 Å². The summed E-state index contributed by atoms with van der Waals surface area (Å²) in [6, 6.07) is 3.71. The minimum absolute atomic E-state index is 0.536. The van der Waals surface area contributed by atoms with Crippen LogP contribution in [0.4, 0.5) is 0 Å². The predicted octanol–water partition coefficient (Wildman–Crippen LogP) is 1.47. The first-order valence-electron chi connectivity index (χ1n) is 4.62. The van der Waals surface area contributed by atoms with Crippen LogP contribution in [0.5, 0.6) is 0 Å². The molecule has 12 heavy (non-hydrogen) atoms. The Hall–Kier alpha value is -0.680. The molecule has 0 aromatic heterocycles. The molecule has 0 aromatic carbocycles. The van der Waals surface area contributed by atoms with Crippen LogP contribution in [-0.2, 0) is 4.74 Å². The molecule has 1 atom stereocenters. The minimum Gasteiger partial charge on any atom is -0.383 e. The Morgan fingerprint density at radius 2 is 2.42 bits per heavy atom. The van der Waals surface area contributed by atoms with Gasteiger partial charge in [0.2, 0.25) is 0 Å². The molecular formula is C10H17NO. The van der Waals surface area contributed by atoms with Crippen molar-refractivity contribution in [3.63, 3.8) is 0 Å². The summed E-state index contributed by atoms with van der Waals surface area (Å²) in [4.78, 5) is 2.22. The van der Waals surface area contributed by atoms with E-state index >= 15 is 0 Å². The standard InChI is InChI=1S/C10H17NO/c1-3-4-7-11-8-5-6-10(11)9-12-2/h10H,3,5-6,8-9H2,1-2H3. The summed E-state index contributed by atoms with van der Waals surface area (Å²) in [6.07, 6.45) is 3.43. The van der Waals surface area contributed by atoms with E-state index in [9.17, 15) is 0 Å². The maximum Gasteiger partial charge on any atom is 0.0673 e. The van der Waals surface area contributed by atoms with Crippen molar-refractivity contribution >= 4 is 0 Å². The number of hydrogen-bond acceptors (Lipinski definition) is 2. The molecule has 0 radical (unpaired) electrons. The molecule has 2 nitrogen and oxygen atoms in total. The summed E-state index contributed by atoms with van der Waals surface area (Å²) in [6.45, 7) is 4.01. The monoisotopic (exact) mass is 167 g/mol. The third-order valence-electron chi connectivity index (χ3n) is 2.14. The Morgan fingerprint density at radius 3 is 3.08 bits per heavy atom. The lowest BCUT2D eigenvalue weighted by Gasteiger charge is -2.18. The van der Waals surface area contributed by atoms with Gasteiger partial charge >= 0.3 is 0 Å². The first-order valence-corrected chi connectivity index (χ1v) is 4.62. The molecule has 1 aliphatic rings. The van der Waals surface area contributed by atoms with Crippen LogP contribution in [0.2, 0.25) is 0 Å². The normalized spacial score (nSPS) is 22.2. The van der Waals surface area contributed by atoms with Gasteiger partial charge in [0, 0.05) is 26.1 Å². The molecule has 68 valence electrons. The van der Waals surface area contributed by atoms with Gasteiger partial charge in [-0.2, -0.15) is 0 Å². The Kier molecular flexibility index (Phi) is 3.96. The second kappa shape index (κ2) is 5.05. The highest BCUT2D eigenvalue weighted by atomic mass is 16.5. The second-order valence-electron chi connectivity index (χ2n) is 3.09. The fourth-order valence-corrected chi connectivity index (χ4v) is 1.53. The van der Waals surface area contributed by atoms with Gasteiger partial charge in [-0.25, -0.2) is 0 Å². The van der Waals surface area contributed by atoms with Crippen molar-refractivity contribution in [1.29, 1.82) is 0 Å². The smallest absolute Gasteiger partial charge is 0.0673 e. The van der Waals surface area contributed by atoms with Gasteiger partial charge in [-0.3, -0.25) is 0 Å². The summed E-state index contributed by atoms with van der Waals surface area (Å²) < 4.78 is 5.13. The lowest BCUT2D eigenvalue weighted by atomic mass is 10.2. The van der Waals surface area contributed by atoms with Gasteiger partial charge in [-0.05, 0) is 12.8 Å². The van der Waals surface area contributed by atoms with E-state index in [1.54, 1.807) is 7.11 Å². The number of ether oxygens (including phenoxy) is 1. The molecule has 0 amide bonds. The molecule has 1 saturated heterocycles. The van der Waals surface area contributed by atoms with Crippen molar-refractivity contribution in [2.24, 2.45) is 0 Å². The molecule has 0 aromatic rings. The van der Waals surface area contributed by atoms with E-state index in [2.05, 4.69) is 23.8 Å². The van der Waals surface area contributed by atoms with E-state index < -0.39 is 0 Å². The number of methoxy groups -OCH3 is 1. The van der Waals surface area contributed by atoms with Gasteiger partial charge in [0.1, 0.15) is 0 Å². The molecule has 1 fully saturated rings. The summed E-state index contributed by atoms with van der Waals surface area (Å²) >= 11 is 0. The maximum absolute atomic E-state index is 5.13. The Morgan fingerprint density at radius 1 is 1.58 bits per heavy atom. The topological polar surface area (TPSA) is 12.5 Å². The van der Waals surface area contributed by atoms with Crippen LogP contribution in [0.25, 0.3) is 0 Å². The number of nitrogens with zero attached hydrogens (tertiary/aromatic N) is 1. The molecule has 1 rings (SSSR count). The summed E-state index contributed by atoms with van der Waals surface area (Å²) in [5.74, 6) is 3.10. The van der Waals surface area contributed by atoms with Gasteiger partial charge in [0.25, 0.3) is 0 Å². The van der Waals surface area contributed by atoms with Crippen LogP contribution < -0.4 is 0 Å². The maximum atomic E-state index is 5.13. The Balaban J connectivity index is 2.40. The average Bonchev–Trinajstić information content (AvgIpc) is 2.50. The predicted molar refractivity (Wildman–Crippen MR) is 49.7 cm³/mol. The third-order valence-corrected chi connectivity index (χ3v) is 2.14.